The Labute approximate surface area is 137 Å². The molecule has 118 valence electrons. The van der Waals surface area contributed by atoms with Gasteiger partial charge in [0.15, 0.2) is 0 Å². The van der Waals surface area contributed by atoms with Gasteiger partial charge >= 0.3 is 0 Å². The fourth-order valence-corrected chi connectivity index (χ4v) is 2.62. The van der Waals surface area contributed by atoms with Crippen LogP contribution >= 0.6 is 0 Å². The van der Waals surface area contributed by atoms with Gasteiger partial charge in [0.1, 0.15) is 11.6 Å². The number of hydrogen-bond donors (Lipinski definition) is 0. The van der Waals surface area contributed by atoms with Crippen molar-refractivity contribution in [2.24, 2.45) is 20.4 Å². The summed E-state index contributed by atoms with van der Waals surface area (Å²) < 4.78 is 26.0. The van der Waals surface area contributed by atoms with Crippen molar-refractivity contribution in [3.63, 3.8) is 0 Å². The summed E-state index contributed by atoms with van der Waals surface area (Å²) in [6.07, 6.45) is 1.08. The van der Waals surface area contributed by atoms with Gasteiger partial charge < -0.3 is 0 Å². The second kappa shape index (κ2) is 5.88. The van der Waals surface area contributed by atoms with Crippen molar-refractivity contribution in [3.05, 3.63) is 71.3 Å². The van der Waals surface area contributed by atoms with Crippen molar-refractivity contribution < 1.29 is 8.78 Å². The fourth-order valence-electron chi connectivity index (χ4n) is 2.62. The van der Waals surface area contributed by atoms with Crippen LogP contribution in [0.5, 0.6) is 0 Å². The lowest BCUT2D eigenvalue weighted by molar-refractivity contribution is 0.627. The molecule has 0 aromatic heterocycles. The minimum absolute atomic E-state index is 0.281. The van der Waals surface area contributed by atoms with Crippen LogP contribution in [0.15, 0.2) is 68.9 Å². The molecular weight excluding hydrogens is 310 g/mol. The molecule has 0 bridgehead atoms. The highest BCUT2D eigenvalue weighted by molar-refractivity contribution is 6.50. The molecule has 2 aliphatic heterocycles. The zero-order chi connectivity index (χ0) is 16.5. The highest BCUT2D eigenvalue weighted by Gasteiger charge is 2.24. The summed E-state index contributed by atoms with van der Waals surface area (Å²) in [6.45, 7) is 0. The first-order valence-electron chi connectivity index (χ1n) is 7.48. The molecule has 0 atom stereocenters. The van der Waals surface area contributed by atoms with E-state index in [1.165, 1.54) is 24.3 Å². The van der Waals surface area contributed by atoms with Crippen LogP contribution in [-0.2, 0) is 0 Å². The summed E-state index contributed by atoms with van der Waals surface area (Å²) in [6, 6.07) is 12.3. The largest absolute Gasteiger partial charge is 0.207 e. The van der Waals surface area contributed by atoms with Gasteiger partial charge in [-0.2, -0.15) is 20.4 Å². The van der Waals surface area contributed by atoms with Crippen LogP contribution in [-0.4, -0.2) is 22.8 Å². The van der Waals surface area contributed by atoms with Gasteiger partial charge in [-0.3, -0.25) is 0 Å². The summed E-state index contributed by atoms with van der Waals surface area (Å²) in [7, 11) is 0. The van der Waals surface area contributed by atoms with E-state index in [0.29, 0.717) is 12.8 Å². The van der Waals surface area contributed by atoms with Crippen LogP contribution < -0.4 is 0 Å². The van der Waals surface area contributed by atoms with Crippen molar-refractivity contribution in [2.75, 3.05) is 0 Å². The number of benzene rings is 2. The smallest absolute Gasteiger partial charge is 0.123 e. The monoisotopic (exact) mass is 322 g/mol. The van der Waals surface area contributed by atoms with Crippen molar-refractivity contribution in [2.45, 2.75) is 12.8 Å². The molecule has 4 nitrogen and oxygen atoms in total. The van der Waals surface area contributed by atoms with Crippen molar-refractivity contribution >= 4 is 22.8 Å². The average molecular weight is 322 g/mol. The Hall–Kier alpha value is -3.02. The first-order valence-corrected chi connectivity index (χ1v) is 7.48. The van der Waals surface area contributed by atoms with Crippen LogP contribution in [0.25, 0.3) is 0 Å². The van der Waals surface area contributed by atoms with Gasteiger partial charge in [-0.05, 0) is 35.4 Å². The first-order chi connectivity index (χ1) is 11.7. The fraction of sp³-hybridized carbons (Fsp3) is 0.111. The Morgan fingerprint density at radius 1 is 0.500 bits per heavy atom. The van der Waals surface area contributed by atoms with E-state index in [2.05, 4.69) is 20.4 Å². The van der Waals surface area contributed by atoms with Gasteiger partial charge in [0, 0.05) is 12.8 Å². The maximum atomic E-state index is 13.0. The molecule has 0 fully saturated rings. The highest BCUT2D eigenvalue weighted by Crippen LogP contribution is 2.19. The van der Waals surface area contributed by atoms with E-state index in [0.717, 1.165) is 34.0 Å². The van der Waals surface area contributed by atoms with E-state index in [1.807, 2.05) is 0 Å². The summed E-state index contributed by atoms with van der Waals surface area (Å²) >= 11 is 0. The molecule has 6 heteroatoms. The molecule has 0 unspecified atom stereocenters. The van der Waals surface area contributed by atoms with Crippen LogP contribution in [0.3, 0.4) is 0 Å². The summed E-state index contributed by atoms with van der Waals surface area (Å²) in [5.74, 6) is -0.563. The molecule has 2 aliphatic rings. The molecule has 0 saturated heterocycles. The summed E-state index contributed by atoms with van der Waals surface area (Å²) in [5.41, 5.74) is 4.76. The van der Waals surface area contributed by atoms with E-state index < -0.39 is 0 Å². The lowest BCUT2D eigenvalue weighted by Gasteiger charge is -2.02. The molecule has 2 heterocycles. The molecule has 0 radical (unpaired) electrons. The number of halogens is 2. The Morgan fingerprint density at radius 3 is 1.21 bits per heavy atom. The molecular formula is C18H12F2N4. The van der Waals surface area contributed by atoms with Crippen LogP contribution in [0, 0.1) is 11.6 Å². The average Bonchev–Trinajstić information content (AvgIpc) is 3.25. The molecule has 0 spiro atoms. The van der Waals surface area contributed by atoms with Crippen molar-refractivity contribution in [3.8, 4) is 0 Å². The lowest BCUT2D eigenvalue weighted by atomic mass is 9.99. The van der Waals surface area contributed by atoms with E-state index in [4.69, 9.17) is 0 Å². The second-order valence-corrected chi connectivity index (χ2v) is 5.55. The van der Waals surface area contributed by atoms with Crippen molar-refractivity contribution in [1.82, 2.24) is 0 Å². The molecule has 2 aromatic rings. The Morgan fingerprint density at radius 2 is 0.833 bits per heavy atom. The molecule has 4 rings (SSSR count). The molecule has 0 saturated carbocycles. The van der Waals surface area contributed by atoms with Gasteiger partial charge in [0.05, 0.1) is 22.8 Å². The minimum Gasteiger partial charge on any atom is -0.207 e. The zero-order valence-electron chi connectivity index (χ0n) is 12.6. The van der Waals surface area contributed by atoms with Crippen LogP contribution in [0.2, 0.25) is 0 Å². The van der Waals surface area contributed by atoms with Gasteiger partial charge in [-0.15, -0.1) is 0 Å². The maximum Gasteiger partial charge on any atom is 0.123 e. The zero-order valence-corrected chi connectivity index (χ0v) is 12.6. The molecule has 2 aromatic carbocycles. The van der Waals surface area contributed by atoms with Gasteiger partial charge in [0.2, 0.25) is 0 Å². The quantitative estimate of drug-likeness (QED) is 0.826. The lowest BCUT2D eigenvalue weighted by Crippen LogP contribution is -2.16. The standard InChI is InChI=1S/C18H12F2N4/c19-13-5-1-11(2-6-13)15-9-17(23-21-15)18-10-16(22-24-18)12-3-7-14(20)8-4-12/h1-8H,9-10H2. The van der Waals surface area contributed by atoms with E-state index in [1.54, 1.807) is 24.3 Å². The number of rotatable bonds is 3. The van der Waals surface area contributed by atoms with Crippen molar-refractivity contribution in [1.29, 1.82) is 0 Å². The predicted molar refractivity (Wildman–Crippen MR) is 90.0 cm³/mol. The molecule has 0 aliphatic carbocycles. The third-order valence-corrected chi connectivity index (χ3v) is 3.94. The van der Waals surface area contributed by atoms with Gasteiger partial charge in [0.25, 0.3) is 0 Å². The minimum atomic E-state index is -0.281. The van der Waals surface area contributed by atoms with Crippen LogP contribution in [0.4, 0.5) is 8.78 Å². The van der Waals surface area contributed by atoms with E-state index in [-0.39, 0.29) is 11.6 Å². The van der Waals surface area contributed by atoms with Gasteiger partial charge in [-0.25, -0.2) is 8.78 Å². The molecule has 0 amide bonds. The normalized spacial score (nSPS) is 16.6. The molecule has 24 heavy (non-hydrogen) atoms. The summed E-state index contributed by atoms with van der Waals surface area (Å²) in [4.78, 5) is 0. The Kier molecular flexibility index (Phi) is 3.57. The van der Waals surface area contributed by atoms with Gasteiger partial charge in [-0.1, -0.05) is 24.3 Å². The topological polar surface area (TPSA) is 49.4 Å². The molecule has 0 N–H and O–H groups in total. The van der Waals surface area contributed by atoms with E-state index >= 15 is 0 Å². The SMILES string of the molecule is Fc1ccc(C2=NN=C(C3=NN=C(c4ccc(F)cc4)C3)C2)cc1. The first kappa shape index (κ1) is 14.6. The Balaban J connectivity index is 1.43. The third-order valence-electron chi connectivity index (χ3n) is 3.94. The highest BCUT2D eigenvalue weighted by atomic mass is 19.1. The number of hydrogen-bond acceptors (Lipinski definition) is 4. The van der Waals surface area contributed by atoms with E-state index in [9.17, 15) is 8.78 Å². The maximum absolute atomic E-state index is 13.0. The predicted octanol–water partition coefficient (Wildman–Crippen LogP) is 3.76. The van der Waals surface area contributed by atoms with Crippen LogP contribution in [0.1, 0.15) is 24.0 Å². The second-order valence-electron chi connectivity index (χ2n) is 5.55. The third kappa shape index (κ3) is 2.78. The Bertz CT molecular complexity index is 830. The number of nitrogens with zero attached hydrogens (tertiary/aromatic N) is 4. The summed E-state index contributed by atoms with van der Waals surface area (Å²) in [5, 5.41) is 16.7.